The molecular formula is C18H24N4O3. The molecule has 25 heavy (non-hydrogen) atoms. The third-order valence-electron chi connectivity index (χ3n) is 5.07. The van der Waals surface area contributed by atoms with Crippen molar-refractivity contribution in [2.24, 2.45) is 0 Å². The van der Waals surface area contributed by atoms with Crippen molar-refractivity contribution in [3.8, 4) is 5.88 Å². The van der Waals surface area contributed by atoms with Gasteiger partial charge in [0.1, 0.15) is 6.10 Å². The van der Waals surface area contributed by atoms with E-state index in [0.717, 1.165) is 25.7 Å². The maximum Gasteiger partial charge on any atom is 0.319 e. The number of carbonyl (C=O) groups is 2. The summed E-state index contributed by atoms with van der Waals surface area (Å²) in [5.41, 5.74) is 0.611. The summed E-state index contributed by atoms with van der Waals surface area (Å²) in [6.07, 6.45) is 9.03. The molecule has 0 radical (unpaired) electrons. The fraction of sp³-hybridized carbons (Fsp3) is 0.611. The van der Waals surface area contributed by atoms with E-state index in [2.05, 4.69) is 15.6 Å². The van der Waals surface area contributed by atoms with Gasteiger partial charge in [0, 0.05) is 25.1 Å². The van der Waals surface area contributed by atoms with Gasteiger partial charge >= 0.3 is 6.03 Å². The summed E-state index contributed by atoms with van der Waals surface area (Å²) in [4.78, 5) is 30.2. The van der Waals surface area contributed by atoms with Gasteiger partial charge in [-0.15, -0.1) is 0 Å². The first-order valence-electron chi connectivity index (χ1n) is 9.17. The smallest absolute Gasteiger partial charge is 0.319 e. The number of anilines is 1. The molecule has 1 aromatic rings. The Balaban J connectivity index is 1.25. The number of hydrogen-bond donors (Lipinski definition) is 2. The van der Waals surface area contributed by atoms with Crippen LogP contribution in [0.25, 0.3) is 0 Å². The largest absolute Gasteiger partial charge is 0.474 e. The van der Waals surface area contributed by atoms with Gasteiger partial charge in [-0.3, -0.25) is 4.79 Å². The summed E-state index contributed by atoms with van der Waals surface area (Å²) in [5, 5.41) is 5.64. The normalized spacial score (nSPS) is 23.8. The first-order chi connectivity index (χ1) is 12.2. The first-order valence-corrected chi connectivity index (χ1v) is 9.17. The van der Waals surface area contributed by atoms with E-state index >= 15 is 0 Å². The summed E-state index contributed by atoms with van der Waals surface area (Å²) in [6, 6.07) is 3.54. The van der Waals surface area contributed by atoms with Gasteiger partial charge in [-0.2, -0.15) is 0 Å². The molecule has 1 aliphatic heterocycles. The molecular weight excluding hydrogens is 320 g/mol. The van der Waals surface area contributed by atoms with Crippen LogP contribution in [0.4, 0.5) is 10.5 Å². The highest BCUT2D eigenvalue weighted by Gasteiger charge is 2.39. The minimum absolute atomic E-state index is 0.119. The molecule has 0 aromatic carbocycles. The predicted molar refractivity (Wildman–Crippen MR) is 92.4 cm³/mol. The zero-order valence-corrected chi connectivity index (χ0v) is 14.2. The van der Waals surface area contributed by atoms with E-state index in [-0.39, 0.29) is 24.1 Å². The molecule has 1 saturated heterocycles. The molecule has 2 aliphatic carbocycles. The Morgan fingerprint density at radius 2 is 2.00 bits per heavy atom. The molecule has 3 aliphatic rings. The zero-order chi connectivity index (χ0) is 17.2. The van der Waals surface area contributed by atoms with E-state index < -0.39 is 0 Å². The molecule has 3 amide bonds. The Labute approximate surface area is 147 Å². The van der Waals surface area contributed by atoms with Gasteiger partial charge in [0.05, 0.1) is 17.9 Å². The van der Waals surface area contributed by atoms with Gasteiger partial charge in [-0.05, 0) is 44.6 Å². The molecule has 1 unspecified atom stereocenters. The molecule has 1 aromatic heterocycles. The quantitative estimate of drug-likeness (QED) is 0.858. The molecule has 0 bridgehead atoms. The van der Waals surface area contributed by atoms with Crippen LogP contribution < -0.4 is 15.4 Å². The minimum Gasteiger partial charge on any atom is -0.474 e. The van der Waals surface area contributed by atoms with Gasteiger partial charge in [0.15, 0.2) is 0 Å². The second-order valence-corrected chi connectivity index (χ2v) is 7.19. The Morgan fingerprint density at radius 3 is 2.68 bits per heavy atom. The molecule has 2 saturated carbocycles. The van der Waals surface area contributed by atoms with Crippen molar-refractivity contribution in [3.63, 3.8) is 0 Å². The maximum absolute atomic E-state index is 12.1. The van der Waals surface area contributed by atoms with E-state index in [9.17, 15) is 9.59 Å². The molecule has 134 valence electrons. The number of rotatable bonds is 5. The fourth-order valence-electron chi connectivity index (χ4n) is 3.62. The molecule has 7 heteroatoms. The minimum atomic E-state index is -0.304. The summed E-state index contributed by atoms with van der Waals surface area (Å²) >= 11 is 0. The Morgan fingerprint density at radius 1 is 1.20 bits per heavy atom. The van der Waals surface area contributed by atoms with Gasteiger partial charge in [0.2, 0.25) is 11.8 Å². The van der Waals surface area contributed by atoms with Crippen LogP contribution in [0.3, 0.4) is 0 Å². The standard InChI is InChI=1S/C18H24N4O3/c23-17-9-13(11-22(17)14-6-7-14)21-18(24)20-12-5-8-16(19-10-12)25-15-3-1-2-4-15/h5,8,10,13-15H,1-4,6-7,9,11H2,(H2,20,21,24). The highest BCUT2D eigenvalue weighted by atomic mass is 16.5. The Bertz CT molecular complexity index is 638. The number of pyridine rings is 1. The number of hydrogen-bond acceptors (Lipinski definition) is 4. The van der Waals surface area contributed by atoms with Crippen molar-refractivity contribution in [2.45, 2.75) is 63.1 Å². The van der Waals surface area contributed by atoms with E-state index in [1.807, 2.05) is 4.90 Å². The number of aromatic nitrogens is 1. The van der Waals surface area contributed by atoms with Crippen molar-refractivity contribution >= 4 is 17.6 Å². The van der Waals surface area contributed by atoms with Crippen LogP contribution in [0.2, 0.25) is 0 Å². The average molecular weight is 344 g/mol. The van der Waals surface area contributed by atoms with Crippen LogP contribution >= 0.6 is 0 Å². The van der Waals surface area contributed by atoms with Crippen LogP contribution in [-0.2, 0) is 4.79 Å². The second kappa shape index (κ2) is 6.90. The Kier molecular flexibility index (Phi) is 4.46. The molecule has 3 fully saturated rings. The Hall–Kier alpha value is -2.31. The van der Waals surface area contributed by atoms with Crippen molar-refractivity contribution in [1.29, 1.82) is 0 Å². The van der Waals surface area contributed by atoms with Gasteiger partial charge < -0.3 is 20.3 Å². The van der Waals surface area contributed by atoms with Crippen LogP contribution in [-0.4, -0.2) is 46.6 Å². The molecule has 0 spiro atoms. The van der Waals surface area contributed by atoms with Crippen molar-refractivity contribution in [2.75, 3.05) is 11.9 Å². The highest BCUT2D eigenvalue weighted by Crippen LogP contribution is 2.30. The molecule has 2 heterocycles. The maximum atomic E-state index is 12.1. The third-order valence-corrected chi connectivity index (χ3v) is 5.07. The highest BCUT2D eigenvalue weighted by molar-refractivity contribution is 5.90. The van der Waals surface area contributed by atoms with Crippen LogP contribution in [0.5, 0.6) is 5.88 Å². The lowest BCUT2D eigenvalue weighted by atomic mass is 10.2. The van der Waals surface area contributed by atoms with Crippen molar-refractivity contribution in [1.82, 2.24) is 15.2 Å². The summed E-state index contributed by atoms with van der Waals surface area (Å²) in [6.45, 7) is 0.614. The van der Waals surface area contributed by atoms with E-state index in [0.29, 0.717) is 30.6 Å². The lowest BCUT2D eigenvalue weighted by Gasteiger charge is -2.16. The number of ether oxygens (including phenoxy) is 1. The summed E-state index contributed by atoms with van der Waals surface area (Å²) < 4.78 is 5.81. The van der Waals surface area contributed by atoms with Gasteiger partial charge in [-0.25, -0.2) is 9.78 Å². The van der Waals surface area contributed by atoms with Crippen molar-refractivity contribution < 1.29 is 14.3 Å². The van der Waals surface area contributed by atoms with Crippen molar-refractivity contribution in [3.05, 3.63) is 18.3 Å². The predicted octanol–water partition coefficient (Wildman–Crippen LogP) is 2.29. The number of carbonyl (C=O) groups excluding carboxylic acids is 2. The number of urea groups is 1. The SMILES string of the molecule is O=C(Nc1ccc(OC2CCCC2)nc1)NC1CC(=O)N(C2CC2)C1. The van der Waals surface area contributed by atoms with E-state index in [4.69, 9.17) is 4.74 Å². The van der Waals surface area contributed by atoms with Crippen LogP contribution in [0.1, 0.15) is 44.9 Å². The lowest BCUT2D eigenvalue weighted by molar-refractivity contribution is -0.128. The van der Waals surface area contributed by atoms with Gasteiger partial charge in [-0.1, -0.05) is 0 Å². The van der Waals surface area contributed by atoms with E-state index in [1.165, 1.54) is 12.8 Å². The summed E-state index contributed by atoms with van der Waals surface area (Å²) in [5.74, 6) is 0.738. The topological polar surface area (TPSA) is 83.6 Å². The first kappa shape index (κ1) is 16.2. The molecule has 2 N–H and O–H groups in total. The summed E-state index contributed by atoms with van der Waals surface area (Å²) in [7, 11) is 0. The molecule has 7 nitrogen and oxygen atoms in total. The van der Waals surface area contributed by atoms with Gasteiger partial charge in [0.25, 0.3) is 0 Å². The number of nitrogens with zero attached hydrogens (tertiary/aromatic N) is 2. The van der Waals surface area contributed by atoms with Crippen LogP contribution in [0, 0.1) is 0 Å². The van der Waals surface area contributed by atoms with E-state index in [1.54, 1.807) is 18.3 Å². The average Bonchev–Trinajstić information content (AvgIpc) is 3.18. The number of likely N-dealkylation sites (tertiary alicyclic amines) is 1. The second-order valence-electron chi connectivity index (χ2n) is 7.19. The third kappa shape index (κ3) is 4.03. The monoisotopic (exact) mass is 344 g/mol. The molecule has 4 rings (SSSR count). The lowest BCUT2D eigenvalue weighted by Crippen LogP contribution is -2.40. The number of amides is 3. The van der Waals surface area contributed by atoms with Crippen LogP contribution in [0.15, 0.2) is 18.3 Å². The fourth-order valence-corrected chi connectivity index (χ4v) is 3.62. The zero-order valence-electron chi connectivity index (χ0n) is 14.2. The molecule has 1 atom stereocenters. The number of nitrogens with one attached hydrogen (secondary N) is 2.